The Kier molecular flexibility index (Phi) is 6.41. The smallest absolute Gasteiger partial charge is 0.223 e. The molecule has 0 atom stereocenters. The second-order valence-corrected chi connectivity index (χ2v) is 7.90. The van der Waals surface area contributed by atoms with Crippen LogP contribution in [-0.4, -0.2) is 49.2 Å². The normalized spacial score (nSPS) is 14.4. The first-order valence-corrected chi connectivity index (χ1v) is 10.9. The van der Waals surface area contributed by atoms with Gasteiger partial charge in [-0.3, -0.25) is 0 Å². The predicted molar refractivity (Wildman–Crippen MR) is 124 cm³/mol. The van der Waals surface area contributed by atoms with E-state index in [-0.39, 0.29) is 5.82 Å². The van der Waals surface area contributed by atoms with Gasteiger partial charge in [-0.25, -0.2) is 24.3 Å². The highest BCUT2D eigenvalue weighted by Crippen LogP contribution is 2.33. The van der Waals surface area contributed by atoms with Crippen molar-refractivity contribution < 1.29 is 13.9 Å². The van der Waals surface area contributed by atoms with Crippen LogP contribution >= 0.6 is 0 Å². The van der Waals surface area contributed by atoms with Crippen molar-refractivity contribution in [3.05, 3.63) is 79.0 Å². The van der Waals surface area contributed by atoms with Crippen molar-refractivity contribution in [1.29, 1.82) is 0 Å². The largest absolute Gasteiger partial charge is 0.354 e. The maximum absolute atomic E-state index is 13.5. The number of imidazole rings is 2. The molecule has 174 valence electrons. The van der Waals surface area contributed by atoms with Crippen molar-refractivity contribution in [2.75, 3.05) is 25.1 Å². The maximum Gasteiger partial charge on any atom is 0.223 e. The van der Waals surface area contributed by atoms with E-state index < -0.39 is 6.29 Å². The number of rotatable bonds is 8. The summed E-state index contributed by atoms with van der Waals surface area (Å²) in [5, 5.41) is 3.26. The van der Waals surface area contributed by atoms with E-state index in [1.54, 1.807) is 36.9 Å². The SMILES string of the molecule is C=C1COC(c2nc(-c3ccc(F)cc3)c(-c3ccnc(NCCCn4ccnc4)n3)[nH]2)OC1. The number of halogens is 1. The van der Waals surface area contributed by atoms with E-state index in [2.05, 4.69) is 31.8 Å². The molecule has 10 heteroatoms. The molecule has 34 heavy (non-hydrogen) atoms. The second-order valence-electron chi connectivity index (χ2n) is 7.90. The van der Waals surface area contributed by atoms with Gasteiger partial charge >= 0.3 is 0 Å². The minimum absolute atomic E-state index is 0.317. The quantitative estimate of drug-likeness (QED) is 0.302. The van der Waals surface area contributed by atoms with Crippen molar-refractivity contribution in [3.8, 4) is 22.6 Å². The van der Waals surface area contributed by atoms with Gasteiger partial charge < -0.3 is 24.3 Å². The highest BCUT2D eigenvalue weighted by molar-refractivity contribution is 5.77. The van der Waals surface area contributed by atoms with Gasteiger partial charge in [-0.05, 0) is 42.3 Å². The summed E-state index contributed by atoms with van der Waals surface area (Å²) in [6.07, 6.45) is 7.41. The Morgan fingerprint density at radius 1 is 1.12 bits per heavy atom. The highest BCUT2D eigenvalue weighted by Gasteiger charge is 2.25. The number of aryl methyl sites for hydroxylation is 1. The molecular formula is C24H24FN7O2. The van der Waals surface area contributed by atoms with Gasteiger partial charge in [0.25, 0.3) is 0 Å². The van der Waals surface area contributed by atoms with Gasteiger partial charge in [0.2, 0.25) is 12.2 Å². The Morgan fingerprint density at radius 3 is 2.71 bits per heavy atom. The van der Waals surface area contributed by atoms with Crippen LogP contribution in [0.5, 0.6) is 0 Å². The van der Waals surface area contributed by atoms with Crippen LogP contribution in [0.15, 0.2) is 67.4 Å². The number of ether oxygens (including phenoxy) is 2. The summed E-state index contributed by atoms with van der Waals surface area (Å²) in [4.78, 5) is 21.1. The number of anilines is 1. The first-order valence-electron chi connectivity index (χ1n) is 10.9. The summed E-state index contributed by atoms with van der Waals surface area (Å²) >= 11 is 0. The molecule has 0 bridgehead atoms. The number of hydrogen-bond donors (Lipinski definition) is 2. The van der Waals surface area contributed by atoms with E-state index in [1.165, 1.54) is 12.1 Å². The summed E-state index contributed by atoms with van der Waals surface area (Å²) in [7, 11) is 0. The molecule has 0 spiro atoms. The number of H-pyrrole nitrogens is 1. The van der Waals surface area contributed by atoms with Gasteiger partial charge in [-0.1, -0.05) is 6.58 Å². The second kappa shape index (κ2) is 9.94. The van der Waals surface area contributed by atoms with Crippen molar-refractivity contribution in [1.82, 2.24) is 29.5 Å². The number of benzene rings is 1. The molecule has 2 N–H and O–H groups in total. The Morgan fingerprint density at radius 2 is 1.94 bits per heavy atom. The number of nitrogens with zero attached hydrogens (tertiary/aromatic N) is 5. The van der Waals surface area contributed by atoms with Gasteiger partial charge in [-0.15, -0.1) is 0 Å². The van der Waals surface area contributed by atoms with Crippen molar-refractivity contribution in [3.63, 3.8) is 0 Å². The summed E-state index contributed by atoms with van der Waals surface area (Å²) in [5.41, 5.74) is 3.54. The van der Waals surface area contributed by atoms with Crippen molar-refractivity contribution in [2.24, 2.45) is 0 Å². The Bertz CT molecular complexity index is 1240. The fraction of sp³-hybridized carbons (Fsp3) is 0.250. The maximum atomic E-state index is 13.5. The molecule has 4 aromatic rings. The molecule has 0 saturated carbocycles. The summed E-state index contributed by atoms with van der Waals surface area (Å²) < 4.78 is 27.0. The third-order valence-electron chi connectivity index (χ3n) is 5.29. The molecule has 1 aliphatic rings. The number of aromatic nitrogens is 6. The molecule has 1 saturated heterocycles. The van der Waals surface area contributed by atoms with Crippen LogP contribution in [0.25, 0.3) is 22.6 Å². The molecule has 1 fully saturated rings. The third-order valence-corrected chi connectivity index (χ3v) is 5.29. The molecule has 1 aromatic carbocycles. The highest BCUT2D eigenvalue weighted by atomic mass is 19.1. The molecule has 5 rings (SSSR count). The lowest BCUT2D eigenvalue weighted by Crippen LogP contribution is -2.20. The van der Waals surface area contributed by atoms with Crippen LogP contribution in [0.3, 0.4) is 0 Å². The molecule has 3 aromatic heterocycles. The van der Waals surface area contributed by atoms with E-state index in [0.717, 1.165) is 24.1 Å². The van der Waals surface area contributed by atoms with E-state index >= 15 is 0 Å². The van der Waals surface area contributed by atoms with Crippen molar-refractivity contribution in [2.45, 2.75) is 19.3 Å². The van der Waals surface area contributed by atoms with E-state index in [4.69, 9.17) is 14.5 Å². The predicted octanol–water partition coefficient (Wildman–Crippen LogP) is 3.97. The Balaban J connectivity index is 1.39. The first-order chi connectivity index (χ1) is 16.7. The fourth-order valence-corrected chi connectivity index (χ4v) is 3.60. The van der Waals surface area contributed by atoms with Crippen LogP contribution in [0, 0.1) is 5.82 Å². The van der Waals surface area contributed by atoms with E-state index in [0.29, 0.717) is 48.6 Å². The molecule has 9 nitrogen and oxygen atoms in total. The fourth-order valence-electron chi connectivity index (χ4n) is 3.60. The molecule has 4 heterocycles. The van der Waals surface area contributed by atoms with Crippen LogP contribution in [0.4, 0.5) is 10.3 Å². The topological polar surface area (TPSA) is 103 Å². The van der Waals surface area contributed by atoms with Crippen LogP contribution in [0.2, 0.25) is 0 Å². The van der Waals surface area contributed by atoms with E-state index in [1.807, 2.05) is 10.8 Å². The first kappa shape index (κ1) is 21.9. The molecule has 0 aliphatic carbocycles. The molecule has 0 unspecified atom stereocenters. The van der Waals surface area contributed by atoms with Crippen molar-refractivity contribution >= 4 is 5.95 Å². The summed E-state index contributed by atoms with van der Waals surface area (Å²) in [6.45, 7) is 6.22. The minimum Gasteiger partial charge on any atom is -0.354 e. The lowest BCUT2D eigenvalue weighted by molar-refractivity contribution is -0.165. The lowest BCUT2D eigenvalue weighted by atomic mass is 10.1. The monoisotopic (exact) mass is 461 g/mol. The lowest BCUT2D eigenvalue weighted by Gasteiger charge is -2.22. The van der Waals surface area contributed by atoms with Gasteiger partial charge in [0.15, 0.2) is 5.82 Å². The van der Waals surface area contributed by atoms with E-state index in [9.17, 15) is 4.39 Å². The van der Waals surface area contributed by atoms with Crippen LogP contribution < -0.4 is 5.32 Å². The zero-order valence-corrected chi connectivity index (χ0v) is 18.4. The van der Waals surface area contributed by atoms with Crippen LogP contribution in [-0.2, 0) is 16.0 Å². The van der Waals surface area contributed by atoms with Gasteiger partial charge in [0, 0.05) is 37.2 Å². The number of hydrogen-bond acceptors (Lipinski definition) is 7. The summed E-state index contributed by atoms with van der Waals surface area (Å²) in [5.74, 6) is 0.698. The molecule has 0 radical (unpaired) electrons. The standard InChI is InChI=1S/C24H24FN7O2/c1-16-13-33-23(34-14-16)22-30-20(17-3-5-18(25)6-4-17)21(31-22)19-7-9-28-24(29-19)27-8-2-11-32-12-10-26-15-32/h3-7,9-10,12,15,23H,1-2,8,11,13-14H2,(H,30,31)(H,27,28,29). The summed E-state index contributed by atoms with van der Waals surface area (Å²) in [6, 6.07) is 7.96. The average molecular weight is 462 g/mol. The van der Waals surface area contributed by atoms with Gasteiger partial charge in [-0.2, -0.15) is 0 Å². The minimum atomic E-state index is -0.652. The molecular weight excluding hydrogens is 437 g/mol. The number of aromatic amines is 1. The molecule has 0 amide bonds. The van der Waals surface area contributed by atoms with Crippen LogP contribution in [0.1, 0.15) is 18.5 Å². The average Bonchev–Trinajstić information content (AvgIpc) is 3.54. The number of nitrogens with one attached hydrogen (secondary N) is 2. The van der Waals surface area contributed by atoms with Gasteiger partial charge in [0.1, 0.15) is 5.82 Å². The van der Waals surface area contributed by atoms with Gasteiger partial charge in [0.05, 0.1) is 36.6 Å². The zero-order valence-electron chi connectivity index (χ0n) is 18.4. The zero-order chi connectivity index (χ0) is 23.3. The Hall–Kier alpha value is -3.89. The third kappa shape index (κ3) is 5.03. The Labute approximate surface area is 195 Å². The molecule has 1 aliphatic heterocycles.